The fourth-order valence-electron chi connectivity index (χ4n) is 2.41. The van der Waals surface area contributed by atoms with Gasteiger partial charge in [-0.3, -0.25) is 4.98 Å². The van der Waals surface area contributed by atoms with E-state index in [9.17, 15) is 4.79 Å². The Morgan fingerprint density at radius 1 is 1.08 bits per heavy atom. The van der Waals surface area contributed by atoms with Gasteiger partial charge in [-0.2, -0.15) is 0 Å². The Kier molecular flexibility index (Phi) is 5.18. The molecule has 24 heavy (non-hydrogen) atoms. The molecule has 1 aromatic heterocycles. The summed E-state index contributed by atoms with van der Waals surface area (Å²) in [6.07, 6.45) is 2.32. The zero-order valence-electron chi connectivity index (χ0n) is 12.7. The molecule has 2 amide bonds. The molecule has 0 aliphatic carbocycles. The molecule has 6 heteroatoms. The van der Waals surface area contributed by atoms with Crippen LogP contribution in [0.4, 0.5) is 10.5 Å². The molecule has 2 N–H and O–H groups in total. The molecule has 0 saturated carbocycles. The number of para-hydroxylation sites is 1. The van der Waals surface area contributed by atoms with E-state index in [1.54, 1.807) is 18.3 Å². The van der Waals surface area contributed by atoms with Crippen molar-refractivity contribution in [3.05, 3.63) is 70.3 Å². The third kappa shape index (κ3) is 3.96. The molecule has 0 radical (unpaired) electrons. The van der Waals surface area contributed by atoms with Crippen LogP contribution in [0.1, 0.15) is 5.56 Å². The van der Waals surface area contributed by atoms with Gasteiger partial charge in [0.05, 0.1) is 11.2 Å². The number of carbonyl (C=O) groups excluding carboxylic acids is 1. The van der Waals surface area contributed by atoms with E-state index in [0.717, 1.165) is 16.5 Å². The second-order valence-electron chi connectivity index (χ2n) is 5.25. The maximum absolute atomic E-state index is 12.1. The Balaban J connectivity index is 1.59. The number of hydrogen-bond donors (Lipinski definition) is 2. The van der Waals surface area contributed by atoms with E-state index < -0.39 is 0 Å². The number of anilines is 1. The van der Waals surface area contributed by atoms with Gasteiger partial charge in [-0.1, -0.05) is 47.5 Å². The van der Waals surface area contributed by atoms with Crippen molar-refractivity contribution in [2.24, 2.45) is 0 Å². The average Bonchev–Trinajstić information content (AvgIpc) is 2.57. The lowest BCUT2D eigenvalue weighted by molar-refractivity contribution is 0.252. The van der Waals surface area contributed by atoms with Crippen molar-refractivity contribution >= 4 is 45.8 Å². The smallest absolute Gasteiger partial charge is 0.319 e. The molecule has 4 nitrogen and oxygen atoms in total. The van der Waals surface area contributed by atoms with Crippen molar-refractivity contribution in [3.63, 3.8) is 0 Å². The van der Waals surface area contributed by atoms with Gasteiger partial charge in [0.25, 0.3) is 0 Å². The average molecular weight is 360 g/mol. The maximum Gasteiger partial charge on any atom is 0.319 e. The number of halogens is 2. The van der Waals surface area contributed by atoms with Gasteiger partial charge in [0.15, 0.2) is 0 Å². The molecule has 0 unspecified atom stereocenters. The SMILES string of the molecule is O=C(NCCc1ccc(Cl)cc1Cl)Nc1cccc2cccnc12. The fraction of sp³-hybridized carbons (Fsp3) is 0.111. The predicted octanol–water partition coefficient (Wildman–Crippen LogP) is 4.91. The summed E-state index contributed by atoms with van der Waals surface area (Å²) >= 11 is 12.0. The zero-order valence-corrected chi connectivity index (χ0v) is 14.2. The van der Waals surface area contributed by atoms with Gasteiger partial charge in [-0.25, -0.2) is 4.79 Å². The van der Waals surface area contributed by atoms with E-state index in [4.69, 9.17) is 23.2 Å². The molecule has 0 atom stereocenters. The second-order valence-corrected chi connectivity index (χ2v) is 6.09. The lowest BCUT2D eigenvalue weighted by atomic mass is 10.1. The number of fused-ring (bicyclic) bond motifs is 1. The highest BCUT2D eigenvalue weighted by Gasteiger charge is 2.07. The Morgan fingerprint density at radius 2 is 1.92 bits per heavy atom. The summed E-state index contributed by atoms with van der Waals surface area (Å²) in [7, 11) is 0. The summed E-state index contributed by atoms with van der Waals surface area (Å²) < 4.78 is 0. The molecule has 1 heterocycles. The topological polar surface area (TPSA) is 54.0 Å². The molecular weight excluding hydrogens is 345 g/mol. The third-order valence-electron chi connectivity index (χ3n) is 3.58. The van der Waals surface area contributed by atoms with Gasteiger partial charge in [0.2, 0.25) is 0 Å². The maximum atomic E-state index is 12.1. The van der Waals surface area contributed by atoms with Crippen LogP contribution in [0.25, 0.3) is 10.9 Å². The van der Waals surface area contributed by atoms with Gasteiger partial charge in [0, 0.05) is 28.2 Å². The van der Waals surface area contributed by atoms with Crippen LogP contribution in [-0.4, -0.2) is 17.6 Å². The van der Waals surface area contributed by atoms with Gasteiger partial charge in [0.1, 0.15) is 0 Å². The summed E-state index contributed by atoms with van der Waals surface area (Å²) in [5.41, 5.74) is 2.37. The van der Waals surface area contributed by atoms with Crippen LogP contribution < -0.4 is 10.6 Å². The summed E-state index contributed by atoms with van der Waals surface area (Å²) in [4.78, 5) is 16.4. The minimum Gasteiger partial charge on any atom is -0.338 e. The van der Waals surface area contributed by atoms with Crippen molar-refractivity contribution in [2.45, 2.75) is 6.42 Å². The van der Waals surface area contributed by atoms with Gasteiger partial charge < -0.3 is 10.6 Å². The molecule has 2 aromatic carbocycles. The Labute approximate surface area is 149 Å². The Bertz CT molecular complexity index is 878. The van der Waals surface area contributed by atoms with Crippen molar-refractivity contribution in [1.29, 1.82) is 0 Å². The lowest BCUT2D eigenvalue weighted by Crippen LogP contribution is -2.30. The first-order chi connectivity index (χ1) is 11.6. The van der Waals surface area contributed by atoms with Crippen LogP contribution in [0, 0.1) is 0 Å². The molecule has 0 fully saturated rings. The van der Waals surface area contributed by atoms with Crippen LogP contribution in [0.3, 0.4) is 0 Å². The molecule has 3 aromatic rings. The fourth-order valence-corrected chi connectivity index (χ4v) is 2.91. The standard InChI is InChI=1S/C18H15Cl2N3O/c19-14-7-6-12(15(20)11-14)8-10-22-18(24)23-16-5-1-3-13-4-2-9-21-17(13)16/h1-7,9,11H,8,10H2,(H2,22,23,24). The number of benzene rings is 2. The van der Waals surface area contributed by atoms with Crippen molar-refractivity contribution in [2.75, 3.05) is 11.9 Å². The second kappa shape index (κ2) is 7.51. The quantitative estimate of drug-likeness (QED) is 0.695. The van der Waals surface area contributed by atoms with Crippen LogP contribution in [-0.2, 0) is 6.42 Å². The number of amides is 2. The van der Waals surface area contributed by atoms with Crippen LogP contribution in [0.2, 0.25) is 10.0 Å². The van der Waals surface area contributed by atoms with Crippen LogP contribution >= 0.6 is 23.2 Å². The van der Waals surface area contributed by atoms with E-state index in [0.29, 0.717) is 28.7 Å². The lowest BCUT2D eigenvalue weighted by Gasteiger charge is -2.10. The van der Waals surface area contributed by atoms with Crippen molar-refractivity contribution in [3.8, 4) is 0 Å². The monoisotopic (exact) mass is 359 g/mol. The summed E-state index contributed by atoms with van der Waals surface area (Å²) in [6, 6.07) is 14.5. The summed E-state index contributed by atoms with van der Waals surface area (Å²) in [5.74, 6) is 0. The van der Waals surface area contributed by atoms with E-state index in [1.165, 1.54) is 0 Å². The predicted molar refractivity (Wildman–Crippen MR) is 98.9 cm³/mol. The Hall–Kier alpha value is -2.30. The van der Waals surface area contributed by atoms with E-state index in [1.807, 2.05) is 36.4 Å². The number of pyridine rings is 1. The first kappa shape index (κ1) is 16.6. The zero-order chi connectivity index (χ0) is 16.9. The molecular formula is C18H15Cl2N3O. The van der Waals surface area contributed by atoms with Gasteiger partial charge in [-0.05, 0) is 36.2 Å². The highest BCUT2D eigenvalue weighted by molar-refractivity contribution is 6.35. The van der Waals surface area contributed by atoms with Crippen molar-refractivity contribution in [1.82, 2.24) is 10.3 Å². The molecule has 0 bridgehead atoms. The minimum atomic E-state index is -0.279. The molecule has 122 valence electrons. The number of rotatable bonds is 4. The number of nitrogens with one attached hydrogen (secondary N) is 2. The highest BCUT2D eigenvalue weighted by Crippen LogP contribution is 2.22. The molecule has 0 saturated heterocycles. The highest BCUT2D eigenvalue weighted by atomic mass is 35.5. The first-order valence-electron chi connectivity index (χ1n) is 7.46. The van der Waals surface area contributed by atoms with Gasteiger partial charge in [-0.15, -0.1) is 0 Å². The number of carbonyl (C=O) groups is 1. The van der Waals surface area contributed by atoms with Crippen LogP contribution in [0.5, 0.6) is 0 Å². The number of nitrogens with zero attached hydrogens (tertiary/aromatic N) is 1. The van der Waals surface area contributed by atoms with Gasteiger partial charge >= 0.3 is 6.03 Å². The first-order valence-corrected chi connectivity index (χ1v) is 8.21. The molecule has 0 aliphatic rings. The Morgan fingerprint density at radius 3 is 2.75 bits per heavy atom. The van der Waals surface area contributed by atoms with E-state index in [-0.39, 0.29) is 6.03 Å². The summed E-state index contributed by atoms with van der Waals surface area (Å²) in [5, 5.41) is 7.82. The largest absolute Gasteiger partial charge is 0.338 e. The number of hydrogen-bond acceptors (Lipinski definition) is 2. The summed E-state index contributed by atoms with van der Waals surface area (Å²) in [6.45, 7) is 0.464. The van der Waals surface area contributed by atoms with E-state index in [2.05, 4.69) is 15.6 Å². The van der Waals surface area contributed by atoms with Crippen LogP contribution in [0.15, 0.2) is 54.7 Å². The van der Waals surface area contributed by atoms with E-state index >= 15 is 0 Å². The molecule has 0 aliphatic heterocycles. The minimum absolute atomic E-state index is 0.279. The number of aromatic nitrogens is 1. The third-order valence-corrected chi connectivity index (χ3v) is 4.16. The normalized spacial score (nSPS) is 10.6. The van der Waals surface area contributed by atoms with Crippen molar-refractivity contribution < 1.29 is 4.79 Å². The molecule has 3 rings (SSSR count). The molecule has 0 spiro atoms. The number of urea groups is 1.